The smallest absolute Gasteiger partial charge is 0.418 e. The molecule has 0 spiro atoms. The van der Waals surface area contributed by atoms with Gasteiger partial charge in [0.25, 0.3) is 0 Å². The van der Waals surface area contributed by atoms with Crippen LogP contribution in [-0.2, 0) is 6.18 Å². The van der Waals surface area contributed by atoms with Crippen LogP contribution in [0.3, 0.4) is 0 Å². The van der Waals surface area contributed by atoms with E-state index < -0.39 is 18.0 Å². The highest BCUT2D eigenvalue weighted by Crippen LogP contribution is 2.37. The zero-order chi connectivity index (χ0) is 20.4. The van der Waals surface area contributed by atoms with Crippen molar-refractivity contribution in [2.24, 2.45) is 0 Å². The molecule has 0 N–H and O–H groups in total. The lowest BCUT2D eigenvalue weighted by molar-refractivity contribution is -0.136. The fourth-order valence-electron chi connectivity index (χ4n) is 3.70. The van der Waals surface area contributed by atoms with Crippen molar-refractivity contribution in [3.63, 3.8) is 0 Å². The summed E-state index contributed by atoms with van der Waals surface area (Å²) in [6.45, 7) is 1.02. The largest absolute Gasteiger partial charge is 0.490 e. The Balaban J connectivity index is 1.47. The van der Waals surface area contributed by atoms with Crippen LogP contribution in [0.2, 0.25) is 0 Å². The molecule has 1 fully saturated rings. The lowest BCUT2D eigenvalue weighted by atomic mass is 10.1. The standard InChI is InChI=1S/C22H20F4N2O/c23-21(15-5-2-1-3-6-15)28-13-10-16(11-14-28)29-19-9-12-27-20-17(19)7-4-8-18(20)22(24,25)26/h1-9,12,16,21H,10-11,13-14H2. The first-order chi connectivity index (χ1) is 13.9. The van der Waals surface area contributed by atoms with Crippen molar-refractivity contribution in [3.8, 4) is 5.75 Å². The number of likely N-dealkylation sites (tertiary alicyclic amines) is 1. The zero-order valence-electron chi connectivity index (χ0n) is 15.6. The highest BCUT2D eigenvalue weighted by atomic mass is 19.4. The van der Waals surface area contributed by atoms with Crippen LogP contribution in [-0.4, -0.2) is 29.1 Å². The maximum atomic E-state index is 14.7. The monoisotopic (exact) mass is 404 g/mol. The van der Waals surface area contributed by atoms with E-state index in [0.717, 1.165) is 6.07 Å². The zero-order valence-corrected chi connectivity index (χ0v) is 15.6. The van der Waals surface area contributed by atoms with E-state index in [0.29, 0.717) is 42.6 Å². The summed E-state index contributed by atoms with van der Waals surface area (Å²) in [4.78, 5) is 5.66. The lowest BCUT2D eigenvalue weighted by Gasteiger charge is -2.34. The van der Waals surface area contributed by atoms with Crippen molar-refractivity contribution in [2.45, 2.75) is 31.4 Å². The van der Waals surface area contributed by atoms with Crippen molar-refractivity contribution >= 4 is 10.9 Å². The number of aromatic nitrogens is 1. The molecular formula is C22H20F4N2O. The number of rotatable bonds is 4. The minimum atomic E-state index is -4.48. The van der Waals surface area contributed by atoms with Gasteiger partial charge in [0.15, 0.2) is 6.30 Å². The molecule has 0 radical (unpaired) electrons. The maximum Gasteiger partial charge on any atom is 0.418 e. The molecule has 0 saturated carbocycles. The Labute approximate surface area is 165 Å². The van der Waals surface area contributed by atoms with Gasteiger partial charge >= 0.3 is 6.18 Å². The third-order valence-electron chi connectivity index (χ3n) is 5.20. The highest BCUT2D eigenvalue weighted by molar-refractivity contribution is 5.87. The predicted octanol–water partition coefficient (Wildman–Crippen LogP) is 5.77. The Morgan fingerprint density at radius 3 is 2.38 bits per heavy atom. The topological polar surface area (TPSA) is 25.4 Å². The van der Waals surface area contributed by atoms with Crippen LogP contribution >= 0.6 is 0 Å². The number of hydrogen-bond donors (Lipinski definition) is 0. The second-order valence-corrected chi connectivity index (χ2v) is 7.11. The van der Waals surface area contributed by atoms with Crippen LogP contribution in [0.1, 0.15) is 30.3 Å². The number of piperidine rings is 1. The second-order valence-electron chi connectivity index (χ2n) is 7.11. The van der Waals surface area contributed by atoms with Gasteiger partial charge in [-0.15, -0.1) is 0 Å². The molecule has 2 heterocycles. The van der Waals surface area contributed by atoms with Crippen LogP contribution in [0, 0.1) is 0 Å². The van der Waals surface area contributed by atoms with E-state index in [1.165, 1.54) is 12.3 Å². The Kier molecular flexibility index (Phi) is 5.41. The quantitative estimate of drug-likeness (QED) is 0.408. The Morgan fingerprint density at radius 2 is 1.69 bits per heavy atom. The molecule has 1 saturated heterocycles. The van der Waals surface area contributed by atoms with Crippen LogP contribution in [0.5, 0.6) is 5.75 Å². The van der Waals surface area contributed by atoms with E-state index in [9.17, 15) is 17.6 Å². The third-order valence-corrected chi connectivity index (χ3v) is 5.20. The molecule has 0 aliphatic carbocycles. The number of halogens is 4. The van der Waals surface area contributed by atoms with Crippen LogP contribution < -0.4 is 4.74 Å². The van der Waals surface area contributed by atoms with Crippen molar-refractivity contribution < 1.29 is 22.3 Å². The summed E-state index contributed by atoms with van der Waals surface area (Å²) in [5.41, 5.74) is -0.284. The molecule has 1 unspecified atom stereocenters. The molecule has 0 amide bonds. The SMILES string of the molecule is FC(c1ccccc1)N1CCC(Oc2ccnc3c(C(F)(F)F)cccc23)CC1. The summed E-state index contributed by atoms with van der Waals surface area (Å²) < 4.78 is 60.5. The fourth-order valence-corrected chi connectivity index (χ4v) is 3.70. The van der Waals surface area contributed by atoms with Gasteiger partial charge in [-0.05, 0) is 31.0 Å². The number of fused-ring (bicyclic) bond motifs is 1. The maximum absolute atomic E-state index is 14.7. The Bertz CT molecular complexity index is 969. The molecule has 1 aliphatic rings. The molecule has 3 nitrogen and oxygen atoms in total. The van der Waals surface area contributed by atoms with Gasteiger partial charge in [0.2, 0.25) is 0 Å². The third kappa shape index (κ3) is 4.19. The van der Waals surface area contributed by atoms with Gasteiger partial charge in [-0.25, -0.2) is 4.39 Å². The number of ether oxygens (including phenoxy) is 1. The van der Waals surface area contributed by atoms with E-state index in [1.54, 1.807) is 29.2 Å². The van der Waals surface area contributed by atoms with Gasteiger partial charge in [0, 0.05) is 30.2 Å². The van der Waals surface area contributed by atoms with Gasteiger partial charge in [0.05, 0.1) is 11.1 Å². The Hall–Kier alpha value is -2.67. The van der Waals surface area contributed by atoms with E-state index in [-0.39, 0.29) is 11.6 Å². The van der Waals surface area contributed by atoms with Crippen LogP contribution in [0.25, 0.3) is 10.9 Å². The van der Waals surface area contributed by atoms with Crippen molar-refractivity contribution in [2.75, 3.05) is 13.1 Å². The summed E-state index contributed by atoms with van der Waals surface area (Å²) in [7, 11) is 0. The fraction of sp³-hybridized carbons (Fsp3) is 0.318. The minimum absolute atomic E-state index is 0.122. The van der Waals surface area contributed by atoms with Gasteiger partial charge in [-0.3, -0.25) is 9.88 Å². The first kappa shape index (κ1) is 19.6. The molecule has 7 heteroatoms. The summed E-state index contributed by atoms with van der Waals surface area (Å²) in [5.74, 6) is 0.374. The van der Waals surface area contributed by atoms with E-state index >= 15 is 0 Å². The van der Waals surface area contributed by atoms with E-state index in [1.807, 2.05) is 18.2 Å². The van der Waals surface area contributed by atoms with Gasteiger partial charge < -0.3 is 4.74 Å². The average molecular weight is 404 g/mol. The van der Waals surface area contributed by atoms with Crippen molar-refractivity contribution in [1.82, 2.24) is 9.88 Å². The highest BCUT2D eigenvalue weighted by Gasteiger charge is 2.34. The van der Waals surface area contributed by atoms with Crippen LogP contribution in [0.4, 0.5) is 17.6 Å². The summed E-state index contributed by atoms with van der Waals surface area (Å²) >= 11 is 0. The molecule has 0 bridgehead atoms. The van der Waals surface area contributed by atoms with Gasteiger partial charge in [-0.2, -0.15) is 13.2 Å². The number of hydrogen-bond acceptors (Lipinski definition) is 3. The minimum Gasteiger partial charge on any atom is -0.490 e. The second kappa shape index (κ2) is 7.99. The van der Waals surface area contributed by atoms with Gasteiger partial charge in [0.1, 0.15) is 11.9 Å². The number of nitrogens with zero attached hydrogens (tertiary/aromatic N) is 2. The van der Waals surface area contributed by atoms with Crippen molar-refractivity contribution in [3.05, 3.63) is 71.9 Å². The molecule has 1 aliphatic heterocycles. The molecule has 3 aromatic rings. The summed E-state index contributed by atoms with van der Waals surface area (Å²) in [6.07, 6.45) is -3.33. The molecule has 2 aromatic carbocycles. The lowest BCUT2D eigenvalue weighted by Crippen LogP contribution is -2.39. The predicted molar refractivity (Wildman–Crippen MR) is 102 cm³/mol. The number of para-hydroxylation sites is 1. The molecular weight excluding hydrogens is 384 g/mol. The Morgan fingerprint density at radius 1 is 0.966 bits per heavy atom. The van der Waals surface area contributed by atoms with E-state index in [2.05, 4.69) is 4.98 Å². The molecule has 29 heavy (non-hydrogen) atoms. The summed E-state index contributed by atoms with van der Waals surface area (Å²) in [6, 6.07) is 14.5. The first-order valence-corrected chi connectivity index (χ1v) is 9.48. The number of benzene rings is 2. The molecule has 1 aromatic heterocycles. The van der Waals surface area contributed by atoms with E-state index in [4.69, 9.17) is 4.74 Å². The normalized spacial score (nSPS) is 17.4. The number of pyridine rings is 1. The van der Waals surface area contributed by atoms with Crippen molar-refractivity contribution in [1.29, 1.82) is 0 Å². The number of alkyl halides is 4. The molecule has 152 valence electrons. The van der Waals surface area contributed by atoms with Crippen LogP contribution in [0.15, 0.2) is 60.8 Å². The molecule has 4 rings (SSSR count). The average Bonchev–Trinajstić information content (AvgIpc) is 2.73. The van der Waals surface area contributed by atoms with Gasteiger partial charge in [-0.1, -0.05) is 36.4 Å². The first-order valence-electron chi connectivity index (χ1n) is 9.48. The molecule has 1 atom stereocenters. The summed E-state index contributed by atoms with van der Waals surface area (Å²) in [5, 5.41) is 0.331.